The molecule has 0 aromatic heterocycles. The van der Waals surface area contributed by atoms with Crippen molar-refractivity contribution < 1.29 is 9.50 Å². The molecule has 78 valence electrons. The summed E-state index contributed by atoms with van der Waals surface area (Å²) in [6, 6.07) is 4.14. The second kappa shape index (κ2) is 3.99. The lowest BCUT2D eigenvalue weighted by Crippen LogP contribution is -2.19. The molecule has 1 rings (SSSR count). The highest BCUT2D eigenvalue weighted by Crippen LogP contribution is 2.36. The number of halogens is 1. The predicted octanol–water partition coefficient (Wildman–Crippen LogP) is 3.61. The number of phenolic OH excluding ortho intramolecular Hbond substituents is 1. The standard InChI is InChI=1S/C12H17FO/c1-4-12(3,5-2)10-8-9(13)6-7-11(10)14/h6-8,14H,4-5H2,1-3H3. The lowest BCUT2D eigenvalue weighted by Gasteiger charge is -2.28. The molecule has 0 aliphatic carbocycles. The van der Waals surface area contributed by atoms with Gasteiger partial charge in [-0.2, -0.15) is 0 Å². The van der Waals surface area contributed by atoms with Crippen LogP contribution in [0.25, 0.3) is 0 Å². The smallest absolute Gasteiger partial charge is 0.123 e. The van der Waals surface area contributed by atoms with Crippen molar-refractivity contribution >= 4 is 0 Å². The van der Waals surface area contributed by atoms with E-state index in [2.05, 4.69) is 0 Å². The van der Waals surface area contributed by atoms with Crippen LogP contribution >= 0.6 is 0 Å². The Hall–Kier alpha value is -1.05. The first kappa shape index (κ1) is 11.0. The summed E-state index contributed by atoms with van der Waals surface area (Å²) in [6.07, 6.45) is 1.78. The van der Waals surface area contributed by atoms with Crippen LogP contribution in [0.15, 0.2) is 18.2 Å². The summed E-state index contributed by atoms with van der Waals surface area (Å²) in [5.41, 5.74) is 0.578. The van der Waals surface area contributed by atoms with Crippen molar-refractivity contribution in [3.8, 4) is 5.75 Å². The summed E-state index contributed by atoms with van der Waals surface area (Å²) in [7, 11) is 0. The van der Waals surface area contributed by atoms with Gasteiger partial charge in [0, 0.05) is 5.56 Å². The van der Waals surface area contributed by atoms with Crippen molar-refractivity contribution in [3.63, 3.8) is 0 Å². The van der Waals surface area contributed by atoms with Gasteiger partial charge in [0.25, 0.3) is 0 Å². The van der Waals surface area contributed by atoms with Crippen molar-refractivity contribution in [1.29, 1.82) is 0 Å². The van der Waals surface area contributed by atoms with Gasteiger partial charge in [-0.1, -0.05) is 20.8 Å². The van der Waals surface area contributed by atoms with E-state index in [9.17, 15) is 9.50 Å². The average molecular weight is 196 g/mol. The fourth-order valence-electron chi connectivity index (χ4n) is 1.62. The summed E-state index contributed by atoms with van der Waals surface area (Å²) in [5, 5.41) is 9.67. The minimum Gasteiger partial charge on any atom is -0.508 e. The van der Waals surface area contributed by atoms with E-state index in [0.717, 1.165) is 12.8 Å². The number of hydrogen-bond donors (Lipinski definition) is 1. The first-order chi connectivity index (χ1) is 6.53. The summed E-state index contributed by atoms with van der Waals surface area (Å²) in [5.74, 6) is -0.0940. The topological polar surface area (TPSA) is 20.2 Å². The van der Waals surface area contributed by atoms with Gasteiger partial charge in [0.2, 0.25) is 0 Å². The van der Waals surface area contributed by atoms with Gasteiger partial charge in [0.1, 0.15) is 11.6 Å². The zero-order valence-electron chi connectivity index (χ0n) is 8.97. The predicted molar refractivity (Wildman–Crippen MR) is 56.0 cm³/mol. The van der Waals surface area contributed by atoms with Gasteiger partial charge in [0.15, 0.2) is 0 Å². The van der Waals surface area contributed by atoms with E-state index < -0.39 is 0 Å². The Morgan fingerprint density at radius 2 is 1.86 bits per heavy atom. The van der Waals surface area contributed by atoms with Crippen molar-refractivity contribution in [2.75, 3.05) is 0 Å². The van der Waals surface area contributed by atoms with E-state index in [-0.39, 0.29) is 17.0 Å². The highest BCUT2D eigenvalue weighted by atomic mass is 19.1. The molecule has 0 radical (unpaired) electrons. The molecule has 1 aromatic rings. The third-order valence-corrected chi connectivity index (χ3v) is 3.17. The number of hydrogen-bond acceptors (Lipinski definition) is 1. The molecule has 0 amide bonds. The summed E-state index contributed by atoms with van der Waals surface area (Å²) < 4.78 is 13.0. The first-order valence-electron chi connectivity index (χ1n) is 5.02. The molecule has 0 spiro atoms. The zero-order chi connectivity index (χ0) is 10.8. The quantitative estimate of drug-likeness (QED) is 0.783. The van der Waals surface area contributed by atoms with Crippen LogP contribution in [0.1, 0.15) is 39.2 Å². The van der Waals surface area contributed by atoms with Gasteiger partial charge in [-0.05, 0) is 36.5 Å². The second-order valence-corrected chi connectivity index (χ2v) is 3.93. The van der Waals surface area contributed by atoms with Crippen LogP contribution in [0.4, 0.5) is 4.39 Å². The summed E-state index contributed by atoms with van der Waals surface area (Å²) >= 11 is 0. The number of rotatable bonds is 3. The fraction of sp³-hybridized carbons (Fsp3) is 0.500. The van der Waals surface area contributed by atoms with E-state index in [0.29, 0.717) is 5.56 Å². The third kappa shape index (κ3) is 1.89. The van der Waals surface area contributed by atoms with Crippen molar-refractivity contribution in [2.24, 2.45) is 0 Å². The maximum Gasteiger partial charge on any atom is 0.123 e. The summed E-state index contributed by atoms with van der Waals surface area (Å²) in [6.45, 7) is 6.14. The van der Waals surface area contributed by atoms with Crippen LogP contribution < -0.4 is 0 Å². The van der Waals surface area contributed by atoms with Gasteiger partial charge in [0.05, 0.1) is 0 Å². The molecule has 0 fully saturated rings. The van der Waals surface area contributed by atoms with Crippen molar-refractivity contribution in [1.82, 2.24) is 0 Å². The maximum absolute atomic E-state index is 13.0. The van der Waals surface area contributed by atoms with E-state index in [1.807, 2.05) is 20.8 Å². The Morgan fingerprint density at radius 1 is 1.29 bits per heavy atom. The average Bonchev–Trinajstić information content (AvgIpc) is 2.20. The van der Waals surface area contributed by atoms with Crippen molar-refractivity contribution in [3.05, 3.63) is 29.6 Å². The molecule has 0 unspecified atom stereocenters. The molecule has 0 atom stereocenters. The number of phenols is 1. The lowest BCUT2D eigenvalue weighted by molar-refractivity contribution is 0.395. The molecule has 0 saturated heterocycles. The first-order valence-corrected chi connectivity index (χ1v) is 5.02. The third-order valence-electron chi connectivity index (χ3n) is 3.17. The van der Waals surface area contributed by atoms with Crippen LogP contribution in [0, 0.1) is 5.82 Å². The highest BCUT2D eigenvalue weighted by Gasteiger charge is 2.25. The largest absolute Gasteiger partial charge is 0.508 e. The Bertz CT molecular complexity index is 316. The molecule has 14 heavy (non-hydrogen) atoms. The molecule has 1 aromatic carbocycles. The molecule has 0 aliphatic heterocycles. The molecule has 0 heterocycles. The highest BCUT2D eigenvalue weighted by molar-refractivity contribution is 5.38. The van der Waals surface area contributed by atoms with E-state index >= 15 is 0 Å². The van der Waals surface area contributed by atoms with Gasteiger partial charge in [-0.15, -0.1) is 0 Å². The van der Waals surface area contributed by atoms with Crippen molar-refractivity contribution in [2.45, 2.75) is 39.0 Å². The van der Waals surface area contributed by atoms with E-state index in [4.69, 9.17) is 0 Å². The Labute approximate surface area is 84.6 Å². The lowest BCUT2D eigenvalue weighted by atomic mass is 9.77. The van der Waals surface area contributed by atoms with Gasteiger partial charge in [-0.25, -0.2) is 4.39 Å². The molecule has 0 bridgehead atoms. The SMILES string of the molecule is CCC(C)(CC)c1cc(F)ccc1O. The zero-order valence-corrected chi connectivity index (χ0v) is 8.97. The Kier molecular flexibility index (Phi) is 3.14. The monoisotopic (exact) mass is 196 g/mol. The molecule has 1 N–H and O–H groups in total. The Morgan fingerprint density at radius 3 is 2.36 bits per heavy atom. The second-order valence-electron chi connectivity index (χ2n) is 3.93. The van der Waals surface area contributed by atoms with Gasteiger partial charge < -0.3 is 5.11 Å². The molecule has 2 heteroatoms. The van der Waals surface area contributed by atoms with Gasteiger partial charge in [-0.3, -0.25) is 0 Å². The molecular weight excluding hydrogens is 179 g/mol. The summed E-state index contributed by atoms with van der Waals surface area (Å²) in [4.78, 5) is 0. The van der Waals surface area contributed by atoms with Gasteiger partial charge >= 0.3 is 0 Å². The van der Waals surface area contributed by atoms with Crippen LogP contribution in [0.3, 0.4) is 0 Å². The molecule has 1 nitrogen and oxygen atoms in total. The normalized spacial score (nSPS) is 11.7. The van der Waals surface area contributed by atoms with Crippen LogP contribution in [-0.2, 0) is 5.41 Å². The Balaban J connectivity index is 3.22. The van der Waals surface area contributed by atoms with E-state index in [1.54, 1.807) is 0 Å². The molecule has 0 saturated carbocycles. The number of aromatic hydroxyl groups is 1. The molecular formula is C12H17FO. The number of benzene rings is 1. The fourth-order valence-corrected chi connectivity index (χ4v) is 1.62. The van der Waals surface area contributed by atoms with Crippen LogP contribution in [0.5, 0.6) is 5.75 Å². The minimum atomic E-state index is -0.286. The van der Waals surface area contributed by atoms with E-state index in [1.165, 1.54) is 18.2 Å². The maximum atomic E-state index is 13.0. The molecule has 0 aliphatic rings. The minimum absolute atomic E-state index is 0.133. The van der Waals surface area contributed by atoms with Crippen LogP contribution in [-0.4, -0.2) is 5.11 Å². The van der Waals surface area contributed by atoms with Crippen LogP contribution in [0.2, 0.25) is 0 Å².